The molecular formula is C16H26N4O. The van der Waals surface area contributed by atoms with Crippen molar-refractivity contribution >= 4 is 11.6 Å². The Labute approximate surface area is 127 Å². The van der Waals surface area contributed by atoms with Crippen LogP contribution in [0.25, 0.3) is 0 Å². The summed E-state index contributed by atoms with van der Waals surface area (Å²) in [5.74, 6) is -0.0985. The number of aromatic nitrogens is 1. The van der Waals surface area contributed by atoms with Crippen molar-refractivity contribution < 1.29 is 4.79 Å². The molecule has 0 spiro atoms. The molecule has 0 aromatic carbocycles. The summed E-state index contributed by atoms with van der Waals surface area (Å²) in [5.41, 5.74) is 1.40. The Hall–Kier alpha value is -1.62. The SMILES string of the molecule is CCNc1ccnc(C(=O)NCC(C)N2CCCCC2)c1. The maximum atomic E-state index is 12.2. The topological polar surface area (TPSA) is 57.3 Å². The standard InChI is InChI=1S/C16H26N4O/c1-3-17-14-7-8-18-15(11-14)16(21)19-12-13(2)20-9-5-4-6-10-20/h7-8,11,13H,3-6,9-10,12H2,1-2H3,(H,17,18)(H,19,21). The van der Waals surface area contributed by atoms with Crippen molar-refractivity contribution in [1.82, 2.24) is 15.2 Å². The van der Waals surface area contributed by atoms with E-state index in [2.05, 4.69) is 27.4 Å². The fraction of sp³-hybridized carbons (Fsp3) is 0.625. The first-order chi connectivity index (χ1) is 10.2. The largest absolute Gasteiger partial charge is 0.385 e. The van der Waals surface area contributed by atoms with Gasteiger partial charge in [0.15, 0.2) is 0 Å². The number of pyridine rings is 1. The van der Waals surface area contributed by atoms with Crippen LogP contribution in [-0.4, -0.2) is 48.0 Å². The van der Waals surface area contributed by atoms with Gasteiger partial charge in [0.05, 0.1) is 0 Å². The number of anilines is 1. The fourth-order valence-electron chi connectivity index (χ4n) is 2.69. The molecule has 1 aromatic heterocycles. The van der Waals surface area contributed by atoms with Crippen molar-refractivity contribution in [2.75, 3.05) is 31.5 Å². The van der Waals surface area contributed by atoms with Gasteiger partial charge >= 0.3 is 0 Å². The van der Waals surface area contributed by atoms with E-state index in [0.29, 0.717) is 18.3 Å². The van der Waals surface area contributed by atoms with Crippen LogP contribution in [0, 0.1) is 0 Å². The van der Waals surface area contributed by atoms with E-state index in [4.69, 9.17) is 0 Å². The van der Waals surface area contributed by atoms with E-state index in [1.54, 1.807) is 12.3 Å². The number of amides is 1. The molecule has 1 unspecified atom stereocenters. The minimum atomic E-state index is -0.0985. The molecule has 0 saturated carbocycles. The smallest absolute Gasteiger partial charge is 0.270 e. The summed E-state index contributed by atoms with van der Waals surface area (Å²) in [6.07, 6.45) is 5.53. The lowest BCUT2D eigenvalue weighted by Gasteiger charge is -2.32. The second-order valence-corrected chi connectivity index (χ2v) is 5.62. The third kappa shape index (κ3) is 4.70. The molecule has 5 heteroatoms. The van der Waals surface area contributed by atoms with Gasteiger partial charge in [0.1, 0.15) is 5.69 Å². The maximum Gasteiger partial charge on any atom is 0.270 e. The van der Waals surface area contributed by atoms with Crippen LogP contribution in [0.1, 0.15) is 43.6 Å². The van der Waals surface area contributed by atoms with E-state index in [1.807, 2.05) is 13.0 Å². The summed E-state index contributed by atoms with van der Waals surface area (Å²) in [7, 11) is 0. The average molecular weight is 290 g/mol. The fourth-order valence-corrected chi connectivity index (χ4v) is 2.69. The van der Waals surface area contributed by atoms with Crippen LogP contribution in [0.5, 0.6) is 0 Å². The summed E-state index contributed by atoms with van der Waals surface area (Å²) in [4.78, 5) is 18.8. The predicted octanol–water partition coefficient (Wildman–Crippen LogP) is 2.12. The Balaban J connectivity index is 1.84. The minimum Gasteiger partial charge on any atom is -0.385 e. The number of piperidine rings is 1. The van der Waals surface area contributed by atoms with Crippen molar-refractivity contribution in [2.24, 2.45) is 0 Å². The highest BCUT2D eigenvalue weighted by Crippen LogP contribution is 2.12. The molecular weight excluding hydrogens is 264 g/mol. The highest BCUT2D eigenvalue weighted by atomic mass is 16.1. The van der Waals surface area contributed by atoms with Gasteiger partial charge < -0.3 is 10.6 Å². The number of hydrogen-bond acceptors (Lipinski definition) is 4. The van der Waals surface area contributed by atoms with Gasteiger partial charge in [0.25, 0.3) is 5.91 Å². The lowest BCUT2D eigenvalue weighted by Crippen LogP contribution is -2.44. The molecule has 1 aliphatic heterocycles. The molecule has 1 aliphatic rings. The van der Waals surface area contributed by atoms with Gasteiger partial charge in [-0.15, -0.1) is 0 Å². The number of nitrogens with zero attached hydrogens (tertiary/aromatic N) is 2. The monoisotopic (exact) mass is 290 g/mol. The van der Waals surface area contributed by atoms with Gasteiger partial charge in [-0.2, -0.15) is 0 Å². The van der Waals surface area contributed by atoms with Gasteiger partial charge in [-0.25, -0.2) is 0 Å². The van der Waals surface area contributed by atoms with Crippen LogP contribution < -0.4 is 10.6 Å². The third-order valence-electron chi connectivity index (χ3n) is 3.95. The molecule has 1 saturated heterocycles. The predicted molar refractivity (Wildman–Crippen MR) is 85.6 cm³/mol. The average Bonchev–Trinajstić information content (AvgIpc) is 2.53. The second-order valence-electron chi connectivity index (χ2n) is 5.62. The molecule has 0 aliphatic carbocycles. The van der Waals surface area contributed by atoms with Gasteiger partial charge in [-0.05, 0) is 51.9 Å². The summed E-state index contributed by atoms with van der Waals surface area (Å²) < 4.78 is 0. The normalized spacial score (nSPS) is 17.2. The molecule has 0 bridgehead atoms. The molecule has 0 radical (unpaired) electrons. The van der Waals surface area contributed by atoms with Gasteiger partial charge in [0.2, 0.25) is 0 Å². The summed E-state index contributed by atoms with van der Waals surface area (Å²) in [6, 6.07) is 4.05. The molecule has 5 nitrogen and oxygen atoms in total. The molecule has 2 heterocycles. The highest BCUT2D eigenvalue weighted by molar-refractivity contribution is 5.93. The molecule has 1 amide bonds. The van der Waals surface area contributed by atoms with Gasteiger partial charge in [0, 0.05) is 31.0 Å². The first-order valence-electron chi connectivity index (χ1n) is 7.93. The molecule has 2 rings (SSSR count). The van der Waals surface area contributed by atoms with Crippen molar-refractivity contribution in [3.63, 3.8) is 0 Å². The Morgan fingerprint density at radius 1 is 1.38 bits per heavy atom. The molecule has 21 heavy (non-hydrogen) atoms. The second kappa shape index (κ2) is 7.98. The Morgan fingerprint density at radius 3 is 2.86 bits per heavy atom. The van der Waals surface area contributed by atoms with Gasteiger partial charge in [-0.1, -0.05) is 6.42 Å². The Bertz CT molecular complexity index is 457. The lowest BCUT2D eigenvalue weighted by molar-refractivity contribution is 0.0925. The molecule has 1 fully saturated rings. The van der Waals surface area contributed by atoms with Crippen molar-refractivity contribution in [3.05, 3.63) is 24.0 Å². The Morgan fingerprint density at radius 2 is 2.14 bits per heavy atom. The van der Waals surface area contributed by atoms with Crippen LogP contribution in [0.15, 0.2) is 18.3 Å². The van der Waals surface area contributed by atoms with Crippen molar-refractivity contribution in [2.45, 2.75) is 39.2 Å². The lowest BCUT2D eigenvalue weighted by atomic mass is 10.1. The summed E-state index contributed by atoms with van der Waals surface area (Å²) in [6.45, 7) is 7.99. The molecule has 1 atom stereocenters. The molecule has 2 N–H and O–H groups in total. The number of nitrogens with one attached hydrogen (secondary N) is 2. The van der Waals surface area contributed by atoms with Gasteiger partial charge in [-0.3, -0.25) is 14.7 Å². The van der Waals surface area contributed by atoms with Crippen LogP contribution in [0.3, 0.4) is 0 Å². The van der Waals surface area contributed by atoms with Crippen LogP contribution >= 0.6 is 0 Å². The zero-order chi connectivity index (χ0) is 15.1. The number of carbonyl (C=O) groups excluding carboxylic acids is 1. The van der Waals surface area contributed by atoms with E-state index in [1.165, 1.54) is 19.3 Å². The number of likely N-dealkylation sites (tertiary alicyclic amines) is 1. The van der Waals surface area contributed by atoms with Crippen LogP contribution in [0.4, 0.5) is 5.69 Å². The highest BCUT2D eigenvalue weighted by Gasteiger charge is 2.17. The maximum absolute atomic E-state index is 12.2. The first kappa shape index (κ1) is 15.8. The van der Waals surface area contributed by atoms with E-state index >= 15 is 0 Å². The van der Waals surface area contributed by atoms with E-state index < -0.39 is 0 Å². The Kier molecular flexibility index (Phi) is 5.99. The molecule has 116 valence electrons. The number of carbonyl (C=O) groups is 1. The van der Waals surface area contributed by atoms with Crippen LogP contribution in [0.2, 0.25) is 0 Å². The third-order valence-corrected chi connectivity index (χ3v) is 3.95. The van der Waals surface area contributed by atoms with Crippen LogP contribution in [-0.2, 0) is 0 Å². The summed E-state index contributed by atoms with van der Waals surface area (Å²) in [5, 5.41) is 6.19. The minimum absolute atomic E-state index is 0.0985. The van der Waals surface area contributed by atoms with E-state index in [-0.39, 0.29) is 5.91 Å². The zero-order valence-electron chi connectivity index (χ0n) is 13.1. The van der Waals surface area contributed by atoms with E-state index in [0.717, 1.165) is 25.3 Å². The zero-order valence-corrected chi connectivity index (χ0v) is 13.1. The van der Waals surface area contributed by atoms with Crippen molar-refractivity contribution in [3.8, 4) is 0 Å². The van der Waals surface area contributed by atoms with Crippen molar-refractivity contribution in [1.29, 1.82) is 0 Å². The van der Waals surface area contributed by atoms with E-state index in [9.17, 15) is 4.79 Å². The molecule has 1 aromatic rings. The summed E-state index contributed by atoms with van der Waals surface area (Å²) >= 11 is 0. The number of hydrogen-bond donors (Lipinski definition) is 2. The first-order valence-corrected chi connectivity index (χ1v) is 7.93. The number of rotatable bonds is 6. The quantitative estimate of drug-likeness (QED) is 0.842.